The molecule has 1 aromatic rings. The van der Waals surface area contributed by atoms with Crippen LogP contribution in [-0.4, -0.2) is 39.6 Å². The topological polar surface area (TPSA) is 71.5 Å². The normalized spacial score (nSPS) is 25.2. The fourth-order valence-corrected chi connectivity index (χ4v) is 3.29. The molecule has 2 amide bonds. The maximum Gasteiger partial charge on any atom is 0.411 e. The van der Waals surface area contributed by atoms with Crippen molar-refractivity contribution >= 4 is 33.7 Å². The first-order valence-electron chi connectivity index (χ1n) is 7.80. The van der Waals surface area contributed by atoms with Crippen LogP contribution >= 0.6 is 15.9 Å². The number of carbonyl (C=O) groups excluding carboxylic acids is 2. The number of hydrogen-bond acceptors (Lipinski definition) is 4. The van der Waals surface area contributed by atoms with Crippen molar-refractivity contribution in [3.05, 3.63) is 22.6 Å². The standard InChI is InChI=1S/C16H19BrFN3O3/c1-16(2,3)24-15(23)21-10-6-8(10)7-11(21)14(22)20-12-5-4-9(18)13(17)19-12/h4-5,8,10-11H,6-7H2,1-3H3,(H,19,20,22)/t8?,10?,11-/m0/s1. The van der Waals surface area contributed by atoms with Gasteiger partial charge in [-0.05, 0) is 67.6 Å². The Bertz CT molecular complexity index is 692. The molecule has 8 heteroatoms. The van der Waals surface area contributed by atoms with Crippen LogP contribution in [-0.2, 0) is 9.53 Å². The number of likely N-dealkylation sites (tertiary alicyclic amines) is 1. The van der Waals surface area contributed by atoms with E-state index < -0.39 is 23.6 Å². The third-order valence-electron chi connectivity index (χ3n) is 4.07. The fourth-order valence-electron chi connectivity index (χ4n) is 2.96. The summed E-state index contributed by atoms with van der Waals surface area (Å²) >= 11 is 2.98. The second-order valence-electron chi connectivity index (χ2n) is 7.16. The summed E-state index contributed by atoms with van der Waals surface area (Å²) in [6.45, 7) is 5.38. The Morgan fingerprint density at radius 3 is 2.71 bits per heavy atom. The first kappa shape index (κ1) is 17.1. The first-order valence-corrected chi connectivity index (χ1v) is 8.59. The predicted molar refractivity (Wildman–Crippen MR) is 88.9 cm³/mol. The zero-order chi connectivity index (χ0) is 17.6. The van der Waals surface area contributed by atoms with Gasteiger partial charge in [-0.25, -0.2) is 14.2 Å². The Morgan fingerprint density at radius 1 is 1.38 bits per heavy atom. The second kappa shape index (κ2) is 5.98. The van der Waals surface area contributed by atoms with E-state index in [1.165, 1.54) is 17.0 Å². The highest BCUT2D eigenvalue weighted by atomic mass is 79.9. The number of anilines is 1. The van der Waals surface area contributed by atoms with Crippen molar-refractivity contribution in [2.45, 2.75) is 51.3 Å². The zero-order valence-corrected chi connectivity index (χ0v) is 15.3. The lowest BCUT2D eigenvalue weighted by molar-refractivity contribution is -0.121. The summed E-state index contributed by atoms with van der Waals surface area (Å²) in [6.07, 6.45) is 1.04. The predicted octanol–water partition coefficient (Wildman–Crippen LogP) is 3.32. The zero-order valence-electron chi connectivity index (χ0n) is 13.7. The van der Waals surface area contributed by atoms with Crippen LogP contribution in [0.15, 0.2) is 16.7 Å². The largest absolute Gasteiger partial charge is 0.444 e. The smallest absolute Gasteiger partial charge is 0.411 e. The van der Waals surface area contributed by atoms with Gasteiger partial charge in [-0.1, -0.05) is 0 Å². The molecule has 2 aliphatic rings. The number of nitrogens with zero attached hydrogens (tertiary/aromatic N) is 2. The van der Waals surface area contributed by atoms with E-state index in [0.717, 1.165) is 6.42 Å². The Hall–Kier alpha value is -1.70. The highest BCUT2D eigenvalue weighted by Crippen LogP contribution is 2.48. The highest BCUT2D eigenvalue weighted by molar-refractivity contribution is 9.10. The molecule has 0 bridgehead atoms. The molecular weight excluding hydrogens is 381 g/mol. The van der Waals surface area contributed by atoms with E-state index in [4.69, 9.17) is 4.74 Å². The van der Waals surface area contributed by atoms with Gasteiger partial charge in [-0.3, -0.25) is 9.69 Å². The van der Waals surface area contributed by atoms with Crippen molar-refractivity contribution in [1.29, 1.82) is 0 Å². The fraction of sp³-hybridized carbons (Fsp3) is 0.562. The molecule has 1 aliphatic carbocycles. The third-order valence-corrected chi connectivity index (χ3v) is 4.62. The SMILES string of the molecule is CC(C)(C)OC(=O)N1C2CC2C[C@H]1C(=O)Nc1ccc(F)c(Br)n1. The van der Waals surface area contributed by atoms with Gasteiger partial charge in [-0.15, -0.1) is 0 Å². The van der Waals surface area contributed by atoms with Crippen LogP contribution < -0.4 is 5.32 Å². The number of aromatic nitrogens is 1. The van der Waals surface area contributed by atoms with Crippen molar-refractivity contribution in [3.8, 4) is 0 Å². The Balaban J connectivity index is 1.71. The van der Waals surface area contributed by atoms with Gasteiger partial charge < -0.3 is 10.1 Å². The molecule has 1 aliphatic heterocycles. The molecule has 0 aromatic carbocycles. The van der Waals surface area contributed by atoms with Crippen molar-refractivity contribution in [2.75, 3.05) is 5.32 Å². The van der Waals surface area contributed by atoms with E-state index in [1.807, 2.05) is 0 Å². The lowest BCUT2D eigenvalue weighted by Crippen LogP contribution is -2.47. The van der Waals surface area contributed by atoms with Crippen LogP contribution in [0, 0.1) is 11.7 Å². The minimum absolute atomic E-state index is 0.0265. The number of amides is 2. The van der Waals surface area contributed by atoms with Crippen molar-refractivity contribution in [3.63, 3.8) is 0 Å². The van der Waals surface area contributed by atoms with Crippen molar-refractivity contribution in [2.24, 2.45) is 5.92 Å². The van der Waals surface area contributed by atoms with Gasteiger partial charge >= 0.3 is 6.09 Å². The van der Waals surface area contributed by atoms with Gasteiger partial charge in [0.1, 0.15) is 22.1 Å². The van der Waals surface area contributed by atoms with Gasteiger partial charge in [0.15, 0.2) is 5.82 Å². The molecule has 1 saturated carbocycles. The van der Waals surface area contributed by atoms with E-state index in [-0.39, 0.29) is 22.4 Å². The molecule has 3 rings (SSSR count). The Labute approximate surface area is 147 Å². The number of ether oxygens (including phenoxy) is 1. The van der Waals surface area contributed by atoms with Crippen LogP contribution in [0.1, 0.15) is 33.6 Å². The number of hydrogen-bond donors (Lipinski definition) is 1. The molecule has 6 nitrogen and oxygen atoms in total. The molecule has 2 heterocycles. The van der Waals surface area contributed by atoms with E-state index in [1.54, 1.807) is 20.8 Å². The summed E-state index contributed by atoms with van der Waals surface area (Å²) in [6, 6.07) is 2.08. The molecule has 2 fully saturated rings. The van der Waals surface area contributed by atoms with Gasteiger partial charge in [0.2, 0.25) is 5.91 Å². The molecule has 24 heavy (non-hydrogen) atoms. The van der Waals surface area contributed by atoms with E-state index in [0.29, 0.717) is 12.3 Å². The van der Waals surface area contributed by atoms with Crippen LogP contribution in [0.4, 0.5) is 15.0 Å². The monoisotopic (exact) mass is 399 g/mol. The maximum absolute atomic E-state index is 13.2. The van der Waals surface area contributed by atoms with Crippen molar-refractivity contribution in [1.82, 2.24) is 9.88 Å². The quantitative estimate of drug-likeness (QED) is 0.774. The number of carbonyl (C=O) groups is 2. The summed E-state index contributed by atoms with van der Waals surface area (Å²) < 4.78 is 18.7. The summed E-state index contributed by atoms with van der Waals surface area (Å²) in [4.78, 5) is 30.4. The Kier molecular flexibility index (Phi) is 4.27. The number of halogens is 2. The number of rotatable bonds is 2. The van der Waals surface area contributed by atoms with E-state index in [2.05, 4.69) is 26.2 Å². The molecule has 1 aromatic heterocycles. The summed E-state index contributed by atoms with van der Waals surface area (Å²) in [5.41, 5.74) is -0.617. The number of pyridine rings is 1. The summed E-state index contributed by atoms with van der Waals surface area (Å²) in [5, 5.41) is 2.64. The molecule has 0 spiro atoms. The van der Waals surface area contributed by atoms with Crippen LogP contribution in [0.25, 0.3) is 0 Å². The van der Waals surface area contributed by atoms with Crippen LogP contribution in [0.3, 0.4) is 0 Å². The second-order valence-corrected chi connectivity index (χ2v) is 7.91. The summed E-state index contributed by atoms with van der Waals surface area (Å²) in [7, 11) is 0. The molecule has 2 unspecified atom stereocenters. The first-order chi connectivity index (χ1) is 11.2. The van der Waals surface area contributed by atoms with Crippen molar-refractivity contribution < 1.29 is 18.7 Å². The minimum atomic E-state index is -0.617. The molecule has 3 atom stereocenters. The highest BCUT2D eigenvalue weighted by Gasteiger charge is 2.57. The molecule has 1 N–H and O–H groups in total. The van der Waals surface area contributed by atoms with E-state index in [9.17, 15) is 14.0 Å². The van der Waals surface area contributed by atoms with Crippen LogP contribution in [0.5, 0.6) is 0 Å². The van der Waals surface area contributed by atoms with Gasteiger partial charge in [0, 0.05) is 6.04 Å². The number of piperidine rings is 1. The third kappa shape index (κ3) is 3.53. The van der Waals surface area contributed by atoms with Gasteiger partial charge in [0.25, 0.3) is 0 Å². The molecule has 1 saturated heterocycles. The maximum atomic E-state index is 13.2. The average molecular weight is 400 g/mol. The molecular formula is C16H19BrFN3O3. The average Bonchev–Trinajstić information content (AvgIpc) is 3.11. The molecule has 130 valence electrons. The summed E-state index contributed by atoms with van der Waals surface area (Å²) in [5.74, 6) is -0.260. The van der Waals surface area contributed by atoms with E-state index >= 15 is 0 Å². The lowest BCUT2D eigenvalue weighted by atomic mass is 10.1. The number of fused-ring (bicyclic) bond motifs is 1. The van der Waals surface area contributed by atoms with Gasteiger partial charge in [0.05, 0.1) is 0 Å². The Morgan fingerprint density at radius 2 is 2.08 bits per heavy atom. The number of nitrogens with one attached hydrogen (secondary N) is 1. The molecule has 0 radical (unpaired) electrons. The van der Waals surface area contributed by atoms with Gasteiger partial charge in [-0.2, -0.15) is 0 Å². The minimum Gasteiger partial charge on any atom is -0.444 e. The lowest BCUT2D eigenvalue weighted by Gasteiger charge is -2.29. The van der Waals surface area contributed by atoms with Crippen LogP contribution in [0.2, 0.25) is 0 Å².